The third-order valence-electron chi connectivity index (χ3n) is 5.50. The largest absolute Gasteiger partial charge is 0.454 e. The number of esters is 1. The third-order valence-corrected chi connectivity index (χ3v) is 5.50. The van der Waals surface area contributed by atoms with Gasteiger partial charge in [-0.25, -0.2) is 4.79 Å². The second-order valence-electron chi connectivity index (χ2n) is 7.77. The summed E-state index contributed by atoms with van der Waals surface area (Å²) in [4.78, 5) is 12.9. The molecular weight excluding hydrogens is 302 g/mol. The topological polar surface area (TPSA) is 46.5 Å². The first-order valence-electron chi connectivity index (χ1n) is 8.73. The van der Waals surface area contributed by atoms with Gasteiger partial charge in [-0.15, -0.1) is 0 Å². The van der Waals surface area contributed by atoms with Crippen molar-refractivity contribution in [2.45, 2.75) is 51.2 Å². The van der Waals surface area contributed by atoms with Crippen molar-refractivity contribution in [1.29, 1.82) is 0 Å². The van der Waals surface area contributed by atoms with Gasteiger partial charge in [0.15, 0.2) is 11.7 Å². The van der Waals surface area contributed by atoms with E-state index < -0.39 is 11.6 Å². The number of likely N-dealkylation sites (tertiary alicyclic amines) is 1. The summed E-state index contributed by atoms with van der Waals surface area (Å²) in [5, 5.41) is 11.4. The molecule has 24 heavy (non-hydrogen) atoms. The summed E-state index contributed by atoms with van der Waals surface area (Å²) in [7, 11) is 4.29. The maximum Gasteiger partial charge on any atom is 0.343 e. The van der Waals surface area contributed by atoms with Crippen LogP contribution in [0.15, 0.2) is 30.3 Å². The normalized spacial score (nSPS) is 25.7. The van der Waals surface area contributed by atoms with Gasteiger partial charge < -0.3 is 14.3 Å². The van der Waals surface area contributed by atoms with Crippen LogP contribution in [0.3, 0.4) is 0 Å². The molecule has 0 spiro atoms. The zero-order valence-corrected chi connectivity index (χ0v) is 14.2. The molecule has 1 N–H and O–H groups in total. The van der Waals surface area contributed by atoms with E-state index in [9.17, 15) is 9.90 Å². The molecule has 4 heteroatoms. The summed E-state index contributed by atoms with van der Waals surface area (Å²) in [6, 6.07) is 9.33. The van der Waals surface area contributed by atoms with Crippen LogP contribution < -0.4 is 0 Å². The highest BCUT2D eigenvalue weighted by molar-refractivity contribution is 5.81. The molecule has 1 heterocycles. The number of rotatable bonds is 4. The first kappa shape index (κ1) is 18.9. The first-order chi connectivity index (χ1) is 10.9. The van der Waals surface area contributed by atoms with Crippen LogP contribution in [0.25, 0.3) is 0 Å². The highest BCUT2D eigenvalue weighted by Crippen LogP contribution is 2.42. The zero-order valence-electron chi connectivity index (χ0n) is 14.2. The van der Waals surface area contributed by atoms with Crippen LogP contribution in [0, 0.1) is 5.92 Å². The Bertz CT molecular complexity index is 551. The van der Waals surface area contributed by atoms with Gasteiger partial charge in [0.05, 0.1) is 20.6 Å². The Hall–Kier alpha value is -1.39. The quantitative estimate of drug-likeness (QED) is 0.680. The van der Waals surface area contributed by atoms with Crippen molar-refractivity contribution in [3.8, 4) is 0 Å². The molecule has 2 atom stereocenters. The SMILES string of the molecule is C.C[N+]1(C)CC[C@H](OC(=O)[C@@](O)(c2ccccc2)C2CCCC2)C1. The highest BCUT2D eigenvalue weighted by Gasteiger charge is 2.49. The van der Waals surface area contributed by atoms with Crippen LogP contribution in [0.4, 0.5) is 0 Å². The summed E-state index contributed by atoms with van der Waals surface area (Å²) in [5.41, 5.74) is -0.832. The van der Waals surface area contributed by atoms with E-state index in [4.69, 9.17) is 4.74 Å². The number of carbonyl (C=O) groups excluding carboxylic acids is 1. The maximum absolute atomic E-state index is 12.9. The minimum absolute atomic E-state index is 0. The molecule has 1 aromatic rings. The standard InChI is InChI=1S/C19H28NO3.CH4/c1-20(2)13-12-17(14-20)23-18(21)19(22,16-10-6-7-11-16)15-8-4-3-5-9-15;/h3-5,8-9,16-17,22H,6-7,10-14H2,1-2H3;1H4/q+1;/t17-,19+;/m0./s1. The first-order valence-corrected chi connectivity index (χ1v) is 8.73. The maximum atomic E-state index is 12.9. The Morgan fingerprint density at radius 2 is 1.79 bits per heavy atom. The lowest BCUT2D eigenvalue weighted by Gasteiger charge is -2.33. The molecule has 0 radical (unpaired) electrons. The molecule has 1 saturated heterocycles. The summed E-state index contributed by atoms with van der Waals surface area (Å²) in [6.07, 6.45) is 4.68. The van der Waals surface area contributed by atoms with Crippen LogP contribution in [0.2, 0.25) is 0 Å². The molecule has 1 aromatic carbocycles. The molecule has 1 saturated carbocycles. The van der Waals surface area contributed by atoms with Gasteiger partial charge in [-0.05, 0) is 18.4 Å². The van der Waals surface area contributed by atoms with Gasteiger partial charge in [0.2, 0.25) is 0 Å². The minimum atomic E-state index is -1.50. The lowest BCUT2D eigenvalue weighted by molar-refractivity contribution is -0.879. The fourth-order valence-corrected chi connectivity index (χ4v) is 4.12. The number of ether oxygens (including phenoxy) is 1. The van der Waals surface area contributed by atoms with Gasteiger partial charge in [-0.1, -0.05) is 50.6 Å². The average molecular weight is 334 g/mol. The van der Waals surface area contributed by atoms with E-state index >= 15 is 0 Å². The number of quaternary nitrogens is 1. The van der Waals surface area contributed by atoms with Crippen molar-refractivity contribution in [2.24, 2.45) is 5.92 Å². The monoisotopic (exact) mass is 334 g/mol. The number of hydrogen-bond donors (Lipinski definition) is 1. The molecule has 134 valence electrons. The molecule has 4 nitrogen and oxygen atoms in total. The minimum Gasteiger partial charge on any atom is -0.454 e. The summed E-state index contributed by atoms with van der Waals surface area (Å²) < 4.78 is 6.64. The van der Waals surface area contributed by atoms with Gasteiger partial charge in [0.25, 0.3) is 0 Å². The third kappa shape index (κ3) is 3.65. The second-order valence-corrected chi connectivity index (χ2v) is 7.77. The molecule has 1 aliphatic heterocycles. The summed E-state index contributed by atoms with van der Waals surface area (Å²) >= 11 is 0. The molecule has 0 bridgehead atoms. The van der Waals surface area contributed by atoms with E-state index in [2.05, 4.69) is 14.1 Å². The van der Waals surface area contributed by atoms with Crippen molar-refractivity contribution in [1.82, 2.24) is 0 Å². The van der Waals surface area contributed by atoms with Crippen molar-refractivity contribution >= 4 is 5.97 Å². The number of hydrogen-bond acceptors (Lipinski definition) is 3. The fraction of sp³-hybridized carbons (Fsp3) is 0.650. The molecule has 0 unspecified atom stereocenters. The van der Waals surface area contributed by atoms with E-state index in [0.29, 0.717) is 5.56 Å². The van der Waals surface area contributed by atoms with E-state index in [1.54, 1.807) is 0 Å². The molecule has 0 amide bonds. The van der Waals surface area contributed by atoms with Crippen molar-refractivity contribution < 1.29 is 19.1 Å². The van der Waals surface area contributed by atoms with Gasteiger partial charge in [0, 0.05) is 12.3 Å². The zero-order chi connectivity index (χ0) is 16.5. The van der Waals surface area contributed by atoms with E-state index in [-0.39, 0.29) is 19.4 Å². The van der Waals surface area contributed by atoms with Crippen LogP contribution in [-0.4, -0.2) is 48.8 Å². The Labute approximate surface area is 146 Å². The second kappa shape index (κ2) is 7.24. The molecule has 2 fully saturated rings. The number of aliphatic hydroxyl groups is 1. The smallest absolute Gasteiger partial charge is 0.343 e. The number of benzene rings is 1. The lowest BCUT2D eigenvalue weighted by atomic mass is 9.80. The van der Waals surface area contributed by atoms with Crippen molar-refractivity contribution in [3.63, 3.8) is 0 Å². The lowest BCUT2D eigenvalue weighted by Crippen LogP contribution is -2.46. The fourth-order valence-electron chi connectivity index (χ4n) is 4.12. The van der Waals surface area contributed by atoms with E-state index in [0.717, 1.165) is 49.7 Å². The number of carbonyl (C=O) groups is 1. The van der Waals surface area contributed by atoms with Gasteiger partial charge >= 0.3 is 5.97 Å². The van der Waals surface area contributed by atoms with Crippen LogP contribution in [-0.2, 0) is 15.1 Å². The predicted octanol–water partition coefficient (Wildman–Crippen LogP) is 3.09. The summed E-state index contributed by atoms with van der Waals surface area (Å²) in [6.45, 7) is 1.83. The van der Waals surface area contributed by atoms with Crippen molar-refractivity contribution in [2.75, 3.05) is 27.2 Å². The Morgan fingerprint density at radius 3 is 2.33 bits per heavy atom. The summed E-state index contributed by atoms with van der Waals surface area (Å²) in [5.74, 6) is -0.496. The van der Waals surface area contributed by atoms with Gasteiger partial charge in [0.1, 0.15) is 6.54 Å². The molecular formula is C20H32NO3+. The predicted molar refractivity (Wildman–Crippen MR) is 95.4 cm³/mol. The van der Waals surface area contributed by atoms with Gasteiger partial charge in [-0.3, -0.25) is 0 Å². The van der Waals surface area contributed by atoms with Crippen molar-refractivity contribution in [3.05, 3.63) is 35.9 Å². The van der Waals surface area contributed by atoms with Crippen LogP contribution in [0.5, 0.6) is 0 Å². The molecule has 0 aromatic heterocycles. The Kier molecular flexibility index (Phi) is 5.71. The average Bonchev–Trinajstić information content (AvgIpc) is 3.17. The number of nitrogens with zero attached hydrogens (tertiary/aromatic N) is 1. The van der Waals surface area contributed by atoms with Crippen LogP contribution >= 0.6 is 0 Å². The Balaban J connectivity index is 0.00000208. The molecule has 3 rings (SSSR count). The highest BCUT2D eigenvalue weighted by atomic mass is 16.6. The van der Waals surface area contributed by atoms with E-state index in [1.165, 1.54) is 0 Å². The molecule has 1 aliphatic carbocycles. The van der Waals surface area contributed by atoms with E-state index in [1.807, 2.05) is 30.3 Å². The van der Waals surface area contributed by atoms with Crippen LogP contribution in [0.1, 0.15) is 45.1 Å². The van der Waals surface area contributed by atoms with Gasteiger partial charge in [-0.2, -0.15) is 0 Å². The molecule has 2 aliphatic rings. The number of likely N-dealkylation sites (N-methyl/N-ethyl adjacent to an activating group) is 1. The Morgan fingerprint density at radius 1 is 1.17 bits per heavy atom.